The van der Waals surface area contributed by atoms with Crippen LogP contribution in [0.3, 0.4) is 0 Å². The van der Waals surface area contributed by atoms with Gasteiger partial charge in [0.2, 0.25) is 0 Å². The number of hydrogen-bond acceptors (Lipinski definition) is 6. The van der Waals surface area contributed by atoms with Gasteiger partial charge in [0.1, 0.15) is 17.9 Å². The highest BCUT2D eigenvalue weighted by atomic mass is 16.5. The number of carbonyl (C=O) groups is 2. The maximum absolute atomic E-state index is 12.3. The van der Waals surface area contributed by atoms with E-state index in [1.807, 2.05) is 43.3 Å². The van der Waals surface area contributed by atoms with Crippen molar-refractivity contribution in [2.45, 2.75) is 33.8 Å². The summed E-state index contributed by atoms with van der Waals surface area (Å²) in [5, 5.41) is 0.681. The second kappa shape index (κ2) is 8.08. The Morgan fingerprint density at radius 2 is 1.75 bits per heavy atom. The van der Waals surface area contributed by atoms with Gasteiger partial charge in [-0.15, -0.1) is 0 Å². The molecular weight excluding hydrogens is 360 g/mol. The zero-order valence-electron chi connectivity index (χ0n) is 15.9. The molecule has 0 fully saturated rings. The molecule has 0 bridgehead atoms. The fraction of sp³-hybridized carbons (Fsp3) is 0.227. The van der Waals surface area contributed by atoms with Gasteiger partial charge in [0, 0.05) is 25.3 Å². The zero-order valence-corrected chi connectivity index (χ0v) is 15.9. The highest BCUT2D eigenvalue weighted by molar-refractivity contribution is 5.97. The molecule has 0 aliphatic rings. The molecule has 3 aromatic rings. The number of carbonyl (C=O) groups excluding carboxylic acids is 2. The molecule has 0 amide bonds. The molecule has 2 aromatic carbocycles. The molecule has 0 aliphatic carbocycles. The third-order valence-electron chi connectivity index (χ3n) is 4.29. The van der Waals surface area contributed by atoms with Gasteiger partial charge in [0.25, 0.3) is 0 Å². The Morgan fingerprint density at radius 3 is 2.36 bits per heavy atom. The second-order valence-electron chi connectivity index (χ2n) is 6.29. The lowest BCUT2D eigenvalue weighted by Gasteiger charge is -2.17. The molecule has 1 heterocycles. The van der Waals surface area contributed by atoms with E-state index in [0.717, 1.165) is 11.1 Å². The van der Waals surface area contributed by atoms with Crippen LogP contribution in [0, 0.1) is 0 Å². The van der Waals surface area contributed by atoms with Crippen molar-refractivity contribution >= 4 is 22.9 Å². The molecule has 0 aliphatic heterocycles. The molecule has 6 nitrogen and oxygen atoms in total. The molecule has 1 aromatic heterocycles. The first-order valence-corrected chi connectivity index (χ1v) is 8.90. The quantitative estimate of drug-likeness (QED) is 0.378. The summed E-state index contributed by atoms with van der Waals surface area (Å²) >= 11 is 0. The molecule has 0 unspecified atom stereocenters. The van der Waals surface area contributed by atoms with Crippen LogP contribution in [-0.4, -0.2) is 11.9 Å². The normalized spacial score (nSPS) is 10.7. The maximum atomic E-state index is 12.3. The largest absolute Gasteiger partial charge is 0.461 e. The maximum Gasteiger partial charge on any atom is 0.336 e. The van der Waals surface area contributed by atoms with Crippen molar-refractivity contribution in [2.24, 2.45) is 0 Å². The van der Waals surface area contributed by atoms with E-state index in [2.05, 4.69) is 0 Å². The van der Waals surface area contributed by atoms with Gasteiger partial charge in [-0.1, -0.05) is 37.3 Å². The molecule has 0 N–H and O–H groups in total. The average Bonchev–Trinajstić information content (AvgIpc) is 2.66. The van der Waals surface area contributed by atoms with Crippen LogP contribution < -0.4 is 10.4 Å². The van der Waals surface area contributed by atoms with Crippen LogP contribution in [0.4, 0.5) is 0 Å². The Labute approximate surface area is 161 Å². The summed E-state index contributed by atoms with van der Waals surface area (Å²) in [6.07, 6.45) is 0.568. The predicted molar refractivity (Wildman–Crippen MR) is 104 cm³/mol. The average molecular weight is 380 g/mol. The van der Waals surface area contributed by atoms with Crippen molar-refractivity contribution in [2.75, 3.05) is 0 Å². The first-order valence-electron chi connectivity index (χ1n) is 8.90. The molecule has 28 heavy (non-hydrogen) atoms. The Bertz CT molecular complexity index is 1100. The molecule has 0 radical (unpaired) electrons. The standard InChI is InChI=1S/C22H20O6/c1-4-15-10-18-17(16-8-6-5-7-9-16)11-20(25)28-22(18)19(12-26-13(2)23)21(15)27-14(3)24/h5-11H,4,12H2,1-3H3. The molecular formula is C22H20O6. The van der Waals surface area contributed by atoms with Crippen molar-refractivity contribution in [1.82, 2.24) is 0 Å². The summed E-state index contributed by atoms with van der Waals surface area (Å²) in [6.45, 7) is 4.31. The van der Waals surface area contributed by atoms with E-state index in [1.165, 1.54) is 19.9 Å². The van der Waals surface area contributed by atoms with Crippen molar-refractivity contribution < 1.29 is 23.5 Å². The molecule has 0 saturated heterocycles. The van der Waals surface area contributed by atoms with Gasteiger partial charge in [0.05, 0.1) is 5.56 Å². The molecule has 3 rings (SSSR count). The Morgan fingerprint density at radius 1 is 1.04 bits per heavy atom. The third-order valence-corrected chi connectivity index (χ3v) is 4.29. The molecule has 0 spiro atoms. The Hall–Kier alpha value is -3.41. The SMILES string of the molecule is CCc1cc2c(-c3ccccc3)cc(=O)oc2c(COC(C)=O)c1OC(C)=O. The topological polar surface area (TPSA) is 82.8 Å². The van der Waals surface area contributed by atoms with Crippen molar-refractivity contribution in [3.05, 3.63) is 64.0 Å². The Balaban J connectivity index is 2.38. The number of fused-ring (bicyclic) bond motifs is 1. The van der Waals surface area contributed by atoms with Crippen LogP contribution in [0.15, 0.2) is 51.7 Å². The van der Waals surface area contributed by atoms with E-state index < -0.39 is 17.6 Å². The molecule has 0 saturated carbocycles. The number of esters is 2. The summed E-state index contributed by atoms with van der Waals surface area (Å²) in [7, 11) is 0. The van der Waals surface area contributed by atoms with Gasteiger partial charge < -0.3 is 13.9 Å². The van der Waals surface area contributed by atoms with E-state index in [1.54, 1.807) is 0 Å². The zero-order chi connectivity index (χ0) is 20.3. The smallest absolute Gasteiger partial charge is 0.336 e. The van der Waals surface area contributed by atoms with Crippen LogP contribution in [0.25, 0.3) is 22.1 Å². The van der Waals surface area contributed by atoms with Gasteiger partial charge in [-0.05, 0) is 29.2 Å². The van der Waals surface area contributed by atoms with Crippen LogP contribution in [0.2, 0.25) is 0 Å². The van der Waals surface area contributed by atoms with Crippen LogP contribution in [-0.2, 0) is 27.4 Å². The fourth-order valence-corrected chi connectivity index (χ4v) is 3.10. The fourth-order valence-electron chi connectivity index (χ4n) is 3.10. The van der Waals surface area contributed by atoms with Crippen LogP contribution in [0.1, 0.15) is 31.9 Å². The third kappa shape index (κ3) is 3.96. The second-order valence-corrected chi connectivity index (χ2v) is 6.29. The minimum absolute atomic E-state index is 0.177. The number of aryl methyl sites for hydroxylation is 1. The number of ether oxygens (including phenoxy) is 2. The van der Waals surface area contributed by atoms with Crippen LogP contribution in [0.5, 0.6) is 5.75 Å². The minimum atomic E-state index is -0.548. The molecule has 6 heteroatoms. The summed E-state index contributed by atoms with van der Waals surface area (Å²) in [4.78, 5) is 35.3. The van der Waals surface area contributed by atoms with Crippen molar-refractivity contribution in [1.29, 1.82) is 0 Å². The van der Waals surface area contributed by atoms with Gasteiger partial charge in [-0.2, -0.15) is 0 Å². The Kier molecular flexibility index (Phi) is 5.59. The van der Waals surface area contributed by atoms with E-state index in [0.29, 0.717) is 22.9 Å². The van der Waals surface area contributed by atoms with Gasteiger partial charge in [0.15, 0.2) is 0 Å². The predicted octanol–water partition coefficient (Wildman–Crippen LogP) is 4.01. The number of benzene rings is 2. The highest BCUT2D eigenvalue weighted by Crippen LogP contribution is 2.37. The number of rotatable bonds is 5. The summed E-state index contributed by atoms with van der Waals surface area (Å²) in [6, 6.07) is 12.7. The van der Waals surface area contributed by atoms with Gasteiger partial charge in [-0.3, -0.25) is 9.59 Å². The van der Waals surface area contributed by atoms with Gasteiger partial charge in [-0.25, -0.2) is 4.79 Å². The first-order chi connectivity index (χ1) is 13.4. The van der Waals surface area contributed by atoms with E-state index in [9.17, 15) is 14.4 Å². The highest BCUT2D eigenvalue weighted by Gasteiger charge is 2.21. The lowest BCUT2D eigenvalue weighted by atomic mass is 9.96. The summed E-state index contributed by atoms with van der Waals surface area (Å²) in [5.74, 6) is -0.748. The van der Waals surface area contributed by atoms with E-state index in [4.69, 9.17) is 13.9 Å². The summed E-state index contributed by atoms with van der Waals surface area (Å²) < 4.78 is 16.0. The van der Waals surface area contributed by atoms with Crippen molar-refractivity contribution in [3.8, 4) is 16.9 Å². The first kappa shape index (κ1) is 19.4. The lowest BCUT2D eigenvalue weighted by molar-refractivity contribution is -0.142. The summed E-state index contributed by atoms with van der Waals surface area (Å²) in [5.41, 5.74) is 2.33. The van der Waals surface area contributed by atoms with E-state index >= 15 is 0 Å². The molecule has 144 valence electrons. The van der Waals surface area contributed by atoms with Gasteiger partial charge >= 0.3 is 17.6 Å². The van der Waals surface area contributed by atoms with E-state index in [-0.39, 0.29) is 17.9 Å². The van der Waals surface area contributed by atoms with Crippen molar-refractivity contribution in [3.63, 3.8) is 0 Å². The molecule has 0 atom stereocenters. The monoisotopic (exact) mass is 380 g/mol. The minimum Gasteiger partial charge on any atom is -0.461 e. The van der Waals surface area contributed by atoms with Crippen LogP contribution >= 0.6 is 0 Å². The number of hydrogen-bond donors (Lipinski definition) is 0. The lowest BCUT2D eigenvalue weighted by Crippen LogP contribution is -2.11.